The van der Waals surface area contributed by atoms with Crippen molar-refractivity contribution < 1.29 is 9.59 Å². The summed E-state index contributed by atoms with van der Waals surface area (Å²) in [6, 6.07) is 9.90. The Morgan fingerprint density at radius 3 is 2.78 bits per heavy atom. The first-order valence-corrected chi connectivity index (χ1v) is 9.54. The summed E-state index contributed by atoms with van der Waals surface area (Å²) in [5.41, 5.74) is 2.43. The zero-order valence-corrected chi connectivity index (χ0v) is 15.8. The van der Waals surface area contributed by atoms with E-state index in [4.69, 9.17) is 0 Å². The van der Waals surface area contributed by atoms with E-state index in [0.29, 0.717) is 25.1 Å². The van der Waals surface area contributed by atoms with Gasteiger partial charge in [0.1, 0.15) is 5.01 Å². The fourth-order valence-electron chi connectivity index (χ4n) is 2.55. The Kier molecular flexibility index (Phi) is 6.32. The number of benzene rings is 1. The first kappa shape index (κ1) is 18.8. The fraction of sp³-hybridized carbons (Fsp3) is 0.263. The minimum absolute atomic E-state index is 0.00816. The number of amides is 2. The van der Waals surface area contributed by atoms with Gasteiger partial charge in [-0.15, -0.1) is 11.3 Å². The minimum atomic E-state index is -0.134. The lowest BCUT2D eigenvalue weighted by molar-refractivity contribution is -0.120. The van der Waals surface area contributed by atoms with Crippen molar-refractivity contribution in [3.63, 3.8) is 0 Å². The predicted octanol–water partition coefficient (Wildman–Crippen LogP) is 2.71. The first-order chi connectivity index (χ1) is 13.1. The van der Waals surface area contributed by atoms with Crippen LogP contribution in [-0.4, -0.2) is 33.6 Å². The quantitative estimate of drug-likeness (QED) is 0.626. The molecule has 2 heterocycles. The molecule has 7 nitrogen and oxygen atoms in total. The molecule has 3 rings (SSSR count). The molecule has 2 amide bonds. The molecule has 0 aliphatic rings. The number of rotatable bonds is 8. The molecule has 0 aliphatic heterocycles. The second-order valence-electron chi connectivity index (χ2n) is 6.00. The number of carbonyl (C=O) groups is 2. The molecule has 0 saturated heterocycles. The maximum Gasteiger partial charge on any atom is 0.230 e. The van der Waals surface area contributed by atoms with Crippen molar-refractivity contribution in [1.82, 2.24) is 20.1 Å². The smallest absolute Gasteiger partial charge is 0.230 e. The van der Waals surface area contributed by atoms with E-state index >= 15 is 0 Å². The van der Waals surface area contributed by atoms with Crippen LogP contribution in [-0.2, 0) is 22.6 Å². The highest BCUT2D eigenvalue weighted by atomic mass is 32.1. The van der Waals surface area contributed by atoms with Crippen molar-refractivity contribution in [1.29, 1.82) is 0 Å². The monoisotopic (exact) mass is 383 g/mol. The molecule has 0 bridgehead atoms. The summed E-state index contributed by atoms with van der Waals surface area (Å²) in [6.45, 7) is 0.621. The van der Waals surface area contributed by atoms with Crippen LogP contribution in [0.25, 0.3) is 10.6 Å². The summed E-state index contributed by atoms with van der Waals surface area (Å²) >= 11 is 1.53. The summed E-state index contributed by atoms with van der Waals surface area (Å²) in [6.07, 6.45) is 4.72. The second-order valence-corrected chi connectivity index (χ2v) is 6.86. The minimum Gasteiger partial charge on any atom is -0.359 e. The number of hydrogen-bond acceptors (Lipinski definition) is 5. The zero-order valence-electron chi connectivity index (χ0n) is 15.0. The van der Waals surface area contributed by atoms with E-state index in [2.05, 4.69) is 20.7 Å². The Labute approximate surface area is 161 Å². The van der Waals surface area contributed by atoms with Crippen LogP contribution < -0.4 is 10.6 Å². The van der Waals surface area contributed by atoms with Gasteiger partial charge in [0.2, 0.25) is 11.8 Å². The first-order valence-electron chi connectivity index (χ1n) is 8.67. The molecule has 1 aromatic carbocycles. The van der Waals surface area contributed by atoms with E-state index in [9.17, 15) is 9.59 Å². The molecule has 27 heavy (non-hydrogen) atoms. The van der Waals surface area contributed by atoms with Crippen molar-refractivity contribution in [3.05, 3.63) is 53.8 Å². The Hall–Kier alpha value is -3.00. The van der Waals surface area contributed by atoms with Gasteiger partial charge in [0.15, 0.2) is 0 Å². The van der Waals surface area contributed by atoms with Crippen LogP contribution in [0.15, 0.2) is 48.1 Å². The van der Waals surface area contributed by atoms with E-state index in [1.165, 1.54) is 11.3 Å². The van der Waals surface area contributed by atoms with Crippen LogP contribution in [0.1, 0.15) is 18.5 Å². The summed E-state index contributed by atoms with van der Waals surface area (Å²) in [4.78, 5) is 28.0. The molecule has 0 fully saturated rings. The SMILES string of the molecule is CNC(=O)CCCn1cc(NC(=O)Cc2csc(-c3ccccc3)n2)cn1. The zero-order chi connectivity index (χ0) is 19.1. The van der Waals surface area contributed by atoms with Gasteiger partial charge in [0, 0.05) is 37.2 Å². The fourth-order valence-corrected chi connectivity index (χ4v) is 3.37. The maximum absolute atomic E-state index is 12.2. The molecule has 0 spiro atoms. The van der Waals surface area contributed by atoms with Gasteiger partial charge in [0.05, 0.1) is 24.0 Å². The lowest BCUT2D eigenvalue weighted by atomic mass is 10.2. The molecule has 0 radical (unpaired) electrons. The number of hydrogen-bond donors (Lipinski definition) is 2. The Morgan fingerprint density at radius 2 is 2.00 bits per heavy atom. The number of thiazole rings is 1. The van der Waals surface area contributed by atoms with Crippen LogP contribution in [0.3, 0.4) is 0 Å². The van der Waals surface area contributed by atoms with Gasteiger partial charge in [-0.2, -0.15) is 5.10 Å². The van der Waals surface area contributed by atoms with Crippen molar-refractivity contribution in [2.24, 2.45) is 0 Å². The van der Waals surface area contributed by atoms with Crippen molar-refractivity contribution in [3.8, 4) is 10.6 Å². The molecule has 0 aliphatic carbocycles. The van der Waals surface area contributed by atoms with Crippen LogP contribution in [0, 0.1) is 0 Å². The van der Waals surface area contributed by atoms with Gasteiger partial charge in [-0.1, -0.05) is 30.3 Å². The highest BCUT2D eigenvalue weighted by Gasteiger charge is 2.10. The average Bonchev–Trinajstić information content (AvgIpc) is 3.32. The lowest BCUT2D eigenvalue weighted by Gasteiger charge is -2.02. The molecule has 2 N–H and O–H groups in total. The normalized spacial score (nSPS) is 10.6. The van der Waals surface area contributed by atoms with Crippen LogP contribution in [0.5, 0.6) is 0 Å². The molecule has 0 saturated carbocycles. The molecule has 0 unspecified atom stereocenters. The molecule has 3 aromatic rings. The highest BCUT2D eigenvalue weighted by Crippen LogP contribution is 2.23. The number of aryl methyl sites for hydroxylation is 1. The second kappa shape index (κ2) is 9.09. The van der Waals surface area contributed by atoms with E-state index < -0.39 is 0 Å². The Balaban J connectivity index is 1.50. The predicted molar refractivity (Wildman–Crippen MR) is 105 cm³/mol. The van der Waals surface area contributed by atoms with E-state index in [-0.39, 0.29) is 18.2 Å². The van der Waals surface area contributed by atoms with Gasteiger partial charge in [-0.3, -0.25) is 14.3 Å². The topological polar surface area (TPSA) is 88.9 Å². The van der Waals surface area contributed by atoms with E-state index in [1.807, 2.05) is 35.7 Å². The number of nitrogens with zero attached hydrogens (tertiary/aromatic N) is 3. The van der Waals surface area contributed by atoms with Gasteiger partial charge in [0.25, 0.3) is 0 Å². The molecular weight excluding hydrogens is 362 g/mol. The third kappa shape index (κ3) is 5.49. The summed E-state index contributed by atoms with van der Waals surface area (Å²) in [5, 5.41) is 12.4. The Morgan fingerprint density at radius 1 is 1.19 bits per heavy atom. The van der Waals surface area contributed by atoms with E-state index in [0.717, 1.165) is 16.3 Å². The van der Waals surface area contributed by atoms with Gasteiger partial charge < -0.3 is 10.6 Å². The summed E-state index contributed by atoms with van der Waals surface area (Å²) < 4.78 is 1.72. The average molecular weight is 383 g/mol. The van der Waals surface area contributed by atoms with Crippen LogP contribution in [0.4, 0.5) is 5.69 Å². The summed E-state index contributed by atoms with van der Waals surface area (Å²) in [7, 11) is 1.62. The van der Waals surface area contributed by atoms with E-state index in [1.54, 1.807) is 24.1 Å². The van der Waals surface area contributed by atoms with Crippen LogP contribution >= 0.6 is 11.3 Å². The number of carbonyl (C=O) groups excluding carboxylic acids is 2. The van der Waals surface area contributed by atoms with Gasteiger partial charge >= 0.3 is 0 Å². The van der Waals surface area contributed by atoms with Gasteiger partial charge in [-0.25, -0.2) is 4.98 Å². The summed E-state index contributed by atoms with van der Waals surface area (Å²) in [5.74, 6) is -0.126. The maximum atomic E-state index is 12.2. The van der Waals surface area contributed by atoms with Gasteiger partial charge in [-0.05, 0) is 6.42 Å². The molecule has 140 valence electrons. The third-order valence-electron chi connectivity index (χ3n) is 3.90. The van der Waals surface area contributed by atoms with Crippen LogP contribution in [0.2, 0.25) is 0 Å². The Bertz CT molecular complexity index is 904. The number of nitrogens with one attached hydrogen (secondary N) is 2. The molecule has 8 heteroatoms. The molecule has 0 atom stereocenters. The highest BCUT2D eigenvalue weighted by molar-refractivity contribution is 7.13. The molecular formula is C19H21N5O2S. The lowest BCUT2D eigenvalue weighted by Crippen LogP contribution is -2.17. The van der Waals surface area contributed by atoms with Crippen molar-refractivity contribution in [2.75, 3.05) is 12.4 Å². The third-order valence-corrected chi connectivity index (χ3v) is 4.84. The largest absolute Gasteiger partial charge is 0.359 e. The number of aromatic nitrogens is 3. The molecule has 2 aromatic heterocycles. The van der Waals surface area contributed by atoms with Crippen molar-refractivity contribution in [2.45, 2.75) is 25.8 Å². The van der Waals surface area contributed by atoms with Crippen molar-refractivity contribution >= 4 is 28.8 Å². The standard InChI is InChI=1S/C19H21N5O2S/c1-20-17(25)8-5-9-24-12-16(11-21-24)22-18(26)10-15-13-27-19(23-15)14-6-3-2-4-7-14/h2-4,6-7,11-13H,5,8-10H2,1H3,(H,20,25)(H,22,26). The number of anilines is 1.